The van der Waals surface area contributed by atoms with Crippen LogP contribution in [0.15, 0.2) is 12.1 Å². The van der Waals surface area contributed by atoms with Gasteiger partial charge in [0.2, 0.25) is 0 Å². The molecule has 2 rings (SSSR count). The summed E-state index contributed by atoms with van der Waals surface area (Å²) in [6.45, 7) is 9.68. The lowest BCUT2D eigenvalue weighted by Crippen LogP contribution is -2.42. The molecule has 5 nitrogen and oxygen atoms in total. The van der Waals surface area contributed by atoms with Crippen LogP contribution in [0.25, 0.3) is 0 Å². The summed E-state index contributed by atoms with van der Waals surface area (Å²) >= 11 is 0. The van der Waals surface area contributed by atoms with E-state index in [1.54, 1.807) is 0 Å². The van der Waals surface area contributed by atoms with E-state index in [-0.39, 0.29) is 12.1 Å². The number of amides is 1. The molecule has 0 saturated heterocycles. The van der Waals surface area contributed by atoms with E-state index in [2.05, 4.69) is 21.7 Å². The van der Waals surface area contributed by atoms with E-state index in [4.69, 9.17) is 4.74 Å². The number of pyridine rings is 1. The summed E-state index contributed by atoms with van der Waals surface area (Å²) < 4.78 is 5.32. The molecule has 0 atom stereocenters. The highest BCUT2D eigenvalue weighted by atomic mass is 16.6. The predicted molar refractivity (Wildman–Crippen MR) is 92.7 cm³/mol. The number of nitrogens with zero attached hydrogens (tertiary/aromatic N) is 1. The number of ether oxygens (including phenoxy) is 1. The fourth-order valence-electron chi connectivity index (χ4n) is 2.92. The average Bonchev–Trinajstić information content (AvgIpc) is 2.42. The van der Waals surface area contributed by atoms with Crippen LogP contribution in [-0.2, 0) is 4.74 Å². The minimum Gasteiger partial charge on any atom is -0.444 e. The fourth-order valence-corrected chi connectivity index (χ4v) is 2.92. The van der Waals surface area contributed by atoms with Gasteiger partial charge in [-0.1, -0.05) is 0 Å². The topological polar surface area (TPSA) is 63.2 Å². The molecule has 1 aliphatic carbocycles. The van der Waals surface area contributed by atoms with E-state index < -0.39 is 5.60 Å². The van der Waals surface area contributed by atoms with Crippen molar-refractivity contribution in [3.8, 4) is 0 Å². The quantitative estimate of drug-likeness (QED) is 0.885. The Hall–Kier alpha value is -1.78. The van der Waals surface area contributed by atoms with E-state index >= 15 is 0 Å². The van der Waals surface area contributed by atoms with Gasteiger partial charge in [-0.2, -0.15) is 0 Å². The van der Waals surface area contributed by atoms with Gasteiger partial charge in [-0.3, -0.25) is 4.98 Å². The number of nitrogens with one attached hydrogen (secondary N) is 2. The molecular weight excluding hydrogens is 290 g/mol. The van der Waals surface area contributed by atoms with Gasteiger partial charge in [-0.25, -0.2) is 4.79 Å². The van der Waals surface area contributed by atoms with Crippen molar-refractivity contribution >= 4 is 11.8 Å². The van der Waals surface area contributed by atoms with Crippen LogP contribution in [0.2, 0.25) is 0 Å². The second-order valence-electron chi connectivity index (χ2n) is 7.42. The molecule has 1 aromatic rings. The van der Waals surface area contributed by atoms with Gasteiger partial charge in [0.1, 0.15) is 5.60 Å². The van der Waals surface area contributed by atoms with Crippen molar-refractivity contribution in [3.05, 3.63) is 23.5 Å². The van der Waals surface area contributed by atoms with Gasteiger partial charge in [0, 0.05) is 17.8 Å². The Labute approximate surface area is 139 Å². The maximum Gasteiger partial charge on any atom is 0.407 e. The fraction of sp³-hybridized carbons (Fsp3) is 0.667. The summed E-state index contributed by atoms with van der Waals surface area (Å²) in [6.07, 6.45) is 3.69. The molecule has 0 radical (unpaired) electrons. The highest BCUT2D eigenvalue weighted by Gasteiger charge is 2.24. The van der Waals surface area contributed by atoms with Crippen molar-refractivity contribution < 1.29 is 9.53 Å². The van der Waals surface area contributed by atoms with Gasteiger partial charge >= 0.3 is 6.09 Å². The minimum atomic E-state index is -0.446. The van der Waals surface area contributed by atoms with Crippen molar-refractivity contribution in [2.75, 3.05) is 5.32 Å². The molecule has 1 aromatic heterocycles. The molecule has 0 bridgehead atoms. The molecule has 0 aliphatic heterocycles. The zero-order valence-corrected chi connectivity index (χ0v) is 14.9. The van der Waals surface area contributed by atoms with Crippen molar-refractivity contribution in [2.45, 2.75) is 78.0 Å². The molecule has 5 heteroatoms. The lowest BCUT2D eigenvalue weighted by Gasteiger charge is -2.31. The van der Waals surface area contributed by atoms with E-state index in [1.807, 2.05) is 40.7 Å². The van der Waals surface area contributed by atoms with Gasteiger partial charge in [-0.05, 0) is 72.4 Å². The zero-order chi connectivity index (χ0) is 17.0. The van der Waals surface area contributed by atoms with Crippen molar-refractivity contribution in [1.82, 2.24) is 10.3 Å². The lowest BCUT2D eigenvalue weighted by molar-refractivity contribution is 0.0492. The standard InChI is InChI=1S/C18H29N3O2/c1-12-6-11-16(13(2)19-12)20-14-7-9-15(10-8-14)21-17(22)23-18(3,4)5/h6,11,14-15,20H,7-10H2,1-5H3,(H,21,22). The van der Waals surface area contributed by atoms with Crippen LogP contribution in [0, 0.1) is 13.8 Å². The second kappa shape index (κ2) is 7.20. The Bertz CT molecular complexity index is 544. The molecule has 1 aliphatic rings. The summed E-state index contributed by atoms with van der Waals surface area (Å²) in [5, 5.41) is 6.56. The van der Waals surface area contributed by atoms with E-state index in [0.717, 1.165) is 42.8 Å². The van der Waals surface area contributed by atoms with Gasteiger partial charge in [0.05, 0.1) is 11.4 Å². The number of hydrogen-bond acceptors (Lipinski definition) is 4. The molecule has 0 aromatic carbocycles. The molecule has 1 saturated carbocycles. The summed E-state index contributed by atoms with van der Waals surface area (Å²) in [4.78, 5) is 16.3. The van der Waals surface area contributed by atoms with Gasteiger partial charge in [0.25, 0.3) is 0 Å². The number of carbonyl (C=O) groups excluding carboxylic acids is 1. The van der Waals surface area contributed by atoms with E-state index in [0.29, 0.717) is 6.04 Å². The predicted octanol–water partition coefficient (Wildman–Crippen LogP) is 3.95. The van der Waals surface area contributed by atoms with Crippen LogP contribution < -0.4 is 10.6 Å². The molecule has 128 valence electrons. The minimum absolute atomic E-state index is 0.208. The highest BCUT2D eigenvalue weighted by Crippen LogP contribution is 2.24. The Morgan fingerprint density at radius 1 is 1.13 bits per heavy atom. The number of anilines is 1. The lowest BCUT2D eigenvalue weighted by atomic mass is 9.91. The molecule has 1 heterocycles. The Morgan fingerprint density at radius 3 is 2.30 bits per heavy atom. The van der Waals surface area contributed by atoms with Crippen LogP contribution in [0.3, 0.4) is 0 Å². The second-order valence-corrected chi connectivity index (χ2v) is 7.42. The Kier molecular flexibility index (Phi) is 5.50. The van der Waals surface area contributed by atoms with E-state index in [1.165, 1.54) is 0 Å². The maximum absolute atomic E-state index is 11.8. The number of rotatable bonds is 3. The molecule has 23 heavy (non-hydrogen) atoms. The van der Waals surface area contributed by atoms with Crippen molar-refractivity contribution in [3.63, 3.8) is 0 Å². The largest absolute Gasteiger partial charge is 0.444 e. The average molecular weight is 319 g/mol. The summed E-state index contributed by atoms with van der Waals surface area (Å²) in [6, 6.07) is 4.78. The third-order valence-electron chi connectivity index (χ3n) is 4.03. The number of aryl methyl sites for hydroxylation is 2. The molecular formula is C18H29N3O2. The number of carbonyl (C=O) groups is 1. The third-order valence-corrected chi connectivity index (χ3v) is 4.03. The smallest absolute Gasteiger partial charge is 0.407 e. The van der Waals surface area contributed by atoms with Crippen LogP contribution in [0.1, 0.15) is 57.8 Å². The Balaban J connectivity index is 1.79. The summed E-state index contributed by atoms with van der Waals surface area (Å²) in [7, 11) is 0. The van der Waals surface area contributed by atoms with Gasteiger partial charge in [-0.15, -0.1) is 0 Å². The van der Waals surface area contributed by atoms with Gasteiger partial charge < -0.3 is 15.4 Å². The van der Waals surface area contributed by atoms with Crippen LogP contribution >= 0.6 is 0 Å². The molecule has 0 spiro atoms. The normalized spacial score (nSPS) is 21.6. The molecule has 1 amide bonds. The van der Waals surface area contributed by atoms with Crippen molar-refractivity contribution in [2.24, 2.45) is 0 Å². The molecule has 2 N–H and O–H groups in total. The third kappa shape index (κ3) is 5.73. The first-order valence-electron chi connectivity index (χ1n) is 8.43. The first-order chi connectivity index (χ1) is 10.7. The first kappa shape index (κ1) is 17.6. The monoisotopic (exact) mass is 319 g/mol. The maximum atomic E-state index is 11.8. The zero-order valence-electron chi connectivity index (χ0n) is 14.9. The highest BCUT2D eigenvalue weighted by molar-refractivity contribution is 5.68. The molecule has 1 fully saturated rings. The van der Waals surface area contributed by atoms with Crippen LogP contribution in [0.5, 0.6) is 0 Å². The van der Waals surface area contributed by atoms with Crippen LogP contribution in [-0.4, -0.2) is 28.8 Å². The number of aromatic nitrogens is 1. The summed E-state index contributed by atoms with van der Waals surface area (Å²) in [5.41, 5.74) is 2.75. The number of hydrogen-bond donors (Lipinski definition) is 2. The van der Waals surface area contributed by atoms with E-state index in [9.17, 15) is 4.79 Å². The summed E-state index contributed by atoms with van der Waals surface area (Å²) in [5.74, 6) is 0. The molecule has 0 unspecified atom stereocenters. The van der Waals surface area contributed by atoms with Gasteiger partial charge in [0.15, 0.2) is 0 Å². The SMILES string of the molecule is Cc1ccc(NC2CCC(NC(=O)OC(C)(C)C)CC2)c(C)n1. The van der Waals surface area contributed by atoms with Crippen LogP contribution in [0.4, 0.5) is 10.5 Å². The number of alkyl carbamates (subject to hydrolysis) is 1. The Morgan fingerprint density at radius 2 is 1.74 bits per heavy atom. The van der Waals surface area contributed by atoms with Crippen molar-refractivity contribution in [1.29, 1.82) is 0 Å². The first-order valence-corrected chi connectivity index (χ1v) is 8.43.